The summed E-state index contributed by atoms with van der Waals surface area (Å²) in [7, 11) is 0. The molecule has 0 spiro atoms. The summed E-state index contributed by atoms with van der Waals surface area (Å²) >= 11 is 0. The van der Waals surface area contributed by atoms with Crippen LogP contribution in [-0.2, 0) is 14.3 Å². The summed E-state index contributed by atoms with van der Waals surface area (Å²) in [4.78, 5) is 13.1. The van der Waals surface area contributed by atoms with Gasteiger partial charge in [0.2, 0.25) is 5.91 Å². The Kier molecular flexibility index (Phi) is 61.6. The van der Waals surface area contributed by atoms with Gasteiger partial charge in [0.25, 0.3) is 0 Å². The van der Waals surface area contributed by atoms with Gasteiger partial charge in [-0.2, -0.15) is 0 Å². The van der Waals surface area contributed by atoms with Crippen molar-refractivity contribution >= 4 is 5.91 Å². The Morgan fingerprint density at radius 1 is 0.398 bits per heavy atom. The zero-order valence-electron chi connectivity index (χ0n) is 55.5. The molecule has 0 aromatic heterocycles. The molecule has 494 valence electrons. The molecule has 0 bridgehead atoms. The van der Waals surface area contributed by atoms with E-state index >= 15 is 0 Å². The number of carbonyl (C=O) groups excluding carboxylic acids is 1. The van der Waals surface area contributed by atoms with E-state index in [1.54, 1.807) is 6.08 Å². The standard InChI is InChI=1S/C74H145NO8/c1-3-5-7-9-11-13-15-17-19-21-23-25-27-29-30-31-32-33-34-35-36-37-38-40-42-44-46-48-50-52-54-56-58-60-62-64-70(78)75-67(66-82-74-73(81)72(80)71(79)69(65-76)83-74)68(77)63-61-59-57-55-53-51-49-47-45-43-41-39-28-26-24-22-20-18-16-14-12-10-8-6-4-2/h61,63,67-69,71-74,76-77,79-81H,3-60,62,64-66H2,1-2H3,(H,75,78)/b63-61+. The lowest BCUT2D eigenvalue weighted by atomic mass is 9.99. The Balaban J connectivity index is 2.07. The molecule has 0 aromatic rings. The minimum absolute atomic E-state index is 0.166. The fraction of sp³-hybridized carbons (Fsp3) is 0.959. The van der Waals surface area contributed by atoms with Crippen LogP contribution in [0.1, 0.15) is 399 Å². The normalized spacial score (nSPS) is 18.2. The lowest BCUT2D eigenvalue weighted by molar-refractivity contribution is -0.302. The lowest BCUT2D eigenvalue weighted by Crippen LogP contribution is -2.60. The Morgan fingerprint density at radius 2 is 0.663 bits per heavy atom. The molecule has 1 fully saturated rings. The average Bonchev–Trinajstić information content (AvgIpc) is 3.61. The first-order chi connectivity index (χ1) is 40.8. The van der Waals surface area contributed by atoms with E-state index < -0.39 is 49.5 Å². The van der Waals surface area contributed by atoms with Gasteiger partial charge in [0.1, 0.15) is 24.4 Å². The minimum atomic E-state index is -1.56. The molecular formula is C74H145NO8. The van der Waals surface area contributed by atoms with Gasteiger partial charge in [0.05, 0.1) is 25.4 Å². The maximum atomic E-state index is 13.1. The van der Waals surface area contributed by atoms with Gasteiger partial charge in [-0.1, -0.05) is 386 Å². The van der Waals surface area contributed by atoms with Crippen molar-refractivity contribution in [2.45, 2.75) is 442 Å². The Hall–Kier alpha value is -1.07. The second-order valence-electron chi connectivity index (χ2n) is 26.5. The van der Waals surface area contributed by atoms with Crippen molar-refractivity contribution in [2.75, 3.05) is 13.2 Å². The molecule has 6 N–H and O–H groups in total. The fourth-order valence-corrected chi connectivity index (χ4v) is 12.5. The number of carbonyl (C=O) groups is 1. The predicted octanol–water partition coefficient (Wildman–Crippen LogP) is 20.7. The van der Waals surface area contributed by atoms with Crippen LogP contribution in [0.25, 0.3) is 0 Å². The third-order valence-electron chi connectivity index (χ3n) is 18.4. The molecule has 7 unspecified atom stereocenters. The van der Waals surface area contributed by atoms with Crippen molar-refractivity contribution in [3.8, 4) is 0 Å². The average molecular weight is 1180 g/mol. The Bertz CT molecular complexity index is 1320. The molecule has 1 heterocycles. The Morgan fingerprint density at radius 3 is 0.940 bits per heavy atom. The van der Waals surface area contributed by atoms with Gasteiger partial charge >= 0.3 is 0 Å². The molecule has 1 rings (SSSR count). The predicted molar refractivity (Wildman–Crippen MR) is 355 cm³/mol. The molecule has 0 saturated carbocycles. The number of amides is 1. The van der Waals surface area contributed by atoms with Crippen LogP contribution in [0.3, 0.4) is 0 Å². The molecular weight excluding hydrogens is 1030 g/mol. The van der Waals surface area contributed by atoms with Crippen molar-refractivity contribution in [3.05, 3.63) is 12.2 Å². The highest BCUT2D eigenvalue weighted by Crippen LogP contribution is 2.24. The van der Waals surface area contributed by atoms with Crippen LogP contribution in [-0.4, -0.2) is 87.5 Å². The number of unbranched alkanes of at least 4 members (excludes halogenated alkanes) is 57. The van der Waals surface area contributed by atoms with Crippen molar-refractivity contribution in [1.29, 1.82) is 0 Å². The summed E-state index contributed by atoms with van der Waals surface area (Å²) in [5, 5.41) is 54.8. The molecule has 1 aliphatic rings. The largest absolute Gasteiger partial charge is 0.394 e. The van der Waals surface area contributed by atoms with Crippen LogP contribution < -0.4 is 5.32 Å². The van der Waals surface area contributed by atoms with Gasteiger partial charge in [-0.05, 0) is 19.3 Å². The van der Waals surface area contributed by atoms with Crippen LogP contribution >= 0.6 is 0 Å². The summed E-state index contributed by atoms with van der Waals surface area (Å²) in [6.45, 7) is 3.85. The molecule has 1 saturated heterocycles. The van der Waals surface area contributed by atoms with E-state index in [-0.39, 0.29) is 12.5 Å². The second-order valence-corrected chi connectivity index (χ2v) is 26.5. The van der Waals surface area contributed by atoms with Gasteiger partial charge in [-0.3, -0.25) is 4.79 Å². The summed E-state index contributed by atoms with van der Waals surface area (Å²) in [6.07, 6.45) is 76.3. The van der Waals surface area contributed by atoms with E-state index in [9.17, 15) is 30.3 Å². The first-order valence-electron chi connectivity index (χ1n) is 37.4. The highest BCUT2D eigenvalue weighted by molar-refractivity contribution is 5.76. The van der Waals surface area contributed by atoms with Gasteiger partial charge in [-0.25, -0.2) is 0 Å². The monoisotopic (exact) mass is 1180 g/mol. The number of aliphatic hydroxyl groups excluding tert-OH is 5. The summed E-state index contributed by atoms with van der Waals surface area (Å²) < 4.78 is 11.3. The zero-order valence-corrected chi connectivity index (χ0v) is 55.5. The maximum Gasteiger partial charge on any atom is 0.220 e. The van der Waals surface area contributed by atoms with Crippen LogP contribution in [0.5, 0.6) is 0 Å². The molecule has 0 aliphatic carbocycles. The topological polar surface area (TPSA) is 149 Å². The minimum Gasteiger partial charge on any atom is -0.394 e. The molecule has 7 atom stereocenters. The van der Waals surface area contributed by atoms with Crippen LogP contribution in [0.2, 0.25) is 0 Å². The Labute approximate surface area is 516 Å². The highest BCUT2D eigenvalue weighted by Gasteiger charge is 2.44. The molecule has 83 heavy (non-hydrogen) atoms. The summed E-state index contributed by atoms with van der Waals surface area (Å²) in [6, 6.07) is -0.802. The van der Waals surface area contributed by atoms with Crippen LogP contribution in [0, 0.1) is 0 Å². The van der Waals surface area contributed by atoms with Crippen molar-refractivity contribution < 1.29 is 39.8 Å². The smallest absolute Gasteiger partial charge is 0.220 e. The second kappa shape index (κ2) is 63.9. The third-order valence-corrected chi connectivity index (χ3v) is 18.4. The fourth-order valence-electron chi connectivity index (χ4n) is 12.5. The van der Waals surface area contributed by atoms with Crippen LogP contribution in [0.15, 0.2) is 12.2 Å². The highest BCUT2D eigenvalue weighted by atomic mass is 16.7. The van der Waals surface area contributed by atoms with E-state index in [0.717, 1.165) is 38.5 Å². The zero-order chi connectivity index (χ0) is 60.0. The molecule has 0 aromatic carbocycles. The van der Waals surface area contributed by atoms with Crippen molar-refractivity contribution in [3.63, 3.8) is 0 Å². The third kappa shape index (κ3) is 52.6. The lowest BCUT2D eigenvalue weighted by Gasteiger charge is -2.40. The SMILES string of the molecule is CCCCCCCCCCCCCCCCCCCCCCCCC/C=C/C(O)C(COC1OC(CO)C(O)C(O)C1O)NC(=O)CCCCCCCCCCCCCCCCCCCCCCCCCCCCCCCCCCCCC. The molecule has 9 heteroatoms. The van der Waals surface area contributed by atoms with Crippen molar-refractivity contribution in [2.24, 2.45) is 0 Å². The molecule has 1 amide bonds. The van der Waals surface area contributed by atoms with E-state index in [0.29, 0.717) is 6.42 Å². The van der Waals surface area contributed by atoms with E-state index in [4.69, 9.17) is 9.47 Å². The number of hydrogen-bond acceptors (Lipinski definition) is 8. The number of ether oxygens (including phenoxy) is 2. The number of aliphatic hydroxyl groups is 5. The van der Waals surface area contributed by atoms with E-state index in [1.165, 1.54) is 340 Å². The first kappa shape index (κ1) is 79.9. The first-order valence-corrected chi connectivity index (χ1v) is 37.4. The van der Waals surface area contributed by atoms with Crippen molar-refractivity contribution in [1.82, 2.24) is 5.32 Å². The summed E-state index contributed by atoms with van der Waals surface area (Å²) in [5.41, 5.74) is 0. The maximum absolute atomic E-state index is 13.1. The van der Waals surface area contributed by atoms with Gasteiger partial charge < -0.3 is 40.3 Å². The number of hydrogen-bond donors (Lipinski definition) is 6. The van der Waals surface area contributed by atoms with Gasteiger partial charge in [-0.15, -0.1) is 0 Å². The number of nitrogens with one attached hydrogen (secondary N) is 1. The number of allylic oxidation sites excluding steroid dienone is 1. The summed E-state index contributed by atoms with van der Waals surface area (Å²) in [5.74, 6) is -0.166. The van der Waals surface area contributed by atoms with E-state index in [2.05, 4.69) is 19.2 Å². The van der Waals surface area contributed by atoms with E-state index in [1.807, 2.05) is 6.08 Å². The quantitative estimate of drug-likeness (QED) is 0.0261. The molecule has 0 radical (unpaired) electrons. The van der Waals surface area contributed by atoms with Gasteiger partial charge in [0.15, 0.2) is 6.29 Å². The molecule has 1 aliphatic heterocycles. The molecule has 9 nitrogen and oxygen atoms in total. The van der Waals surface area contributed by atoms with Crippen LogP contribution in [0.4, 0.5) is 0 Å². The number of rotatable bonds is 67. The van der Waals surface area contributed by atoms with Gasteiger partial charge in [0, 0.05) is 6.42 Å².